The van der Waals surface area contributed by atoms with Crippen LogP contribution in [0.15, 0.2) is 0 Å². The third-order valence-corrected chi connectivity index (χ3v) is 9.43. The third kappa shape index (κ3) is 7.11. The predicted octanol–water partition coefficient (Wildman–Crippen LogP) is 0.917. The average molecular weight is 556 g/mol. The number of hydrogen-bond acceptors (Lipinski definition) is 6. The van der Waals surface area contributed by atoms with Gasteiger partial charge in [0.2, 0.25) is 0 Å². The van der Waals surface area contributed by atoms with Crippen LogP contribution >= 0.6 is 24.8 Å². The zero-order valence-electron chi connectivity index (χ0n) is 20.7. The number of rotatable bonds is 9. The van der Waals surface area contributed by atoms with Gasteiger partial charge in [-0.2, -0.15) is 0 Å². The van der Waals surface area contributed by atoms with Crippen LogP contribution in [0.1, 0.15) is 75.7 Å². The second kappa shape index (κ2) is 15.6. The Morgan fingerprint density at radius 3 is 0.971 bits per heavy atom. The van der Waals surface area contributed by atoms with E-state index in [0.29, 0.717) is 0 Å². The molecule has 0 radical (unpaired) electrons. The maximum absolute atomic E-state index is 7.17. The van der Waals surface area contributed by atoms with E-state index in [1.807, 2.05) is 0 Å². The SMILES string of the molecule is CCc1n[nH]c(CC)[c]1[Cr]([c]1c(CC)n[nH]c1CC)[c]1c(CC)n[nH]c1CC.Cl.Cl.OB(O)O. The van der Waals surface area contributed by atoms with Crippen molar-refractivity contribution >= 4 is 45.4 Å². The first-order valence-electron chi connectivity index (χ1n) is 11.3. The van der Waals surface area contributed by atoms with Gasteiger partial charge in [-0.15, -0.1) is 24.8 Å². The minimum Gasteiger partial charge on any atom is -0.402 e. The first kappa shape index (κ1) is 32.7. The molecule has 0 unspecified atom stereocenters. The second-order valence-electron chi connectivity index (χ2n) is 7.21. The van der Waals surface area contributed by atoms with E-state index in [4.69, 9.17) is 30.4 Å². The van der Waals surface area contributed by atoms with Crippen molar-refractivity contribution in [1.29, 1.82) is 0 Å². The Labute approximate surface area is 218 Å². The van der Waals surface area contributed by atoms with Crippen molar-refractivity contribution in [3.63, 3.8) is 0 Å². The summed E-state index contributed by atoms with van der Waals surface area (Å²) in [7, 11) is -2.17. The minimum atomic E-state index is -2.17. The fraction of sp³-hybridized carbons (Fsp3) is 0.571. The van der Waals surface area contributed by atoms with Crippen LogP contribution in [-0.2, 0) is 52.7 Å². The van der Waals surface area contributed by atoms with Crippen LogP contribution in [0.4, 0.5) is 0 Å². The van der Waals surface area contributed by atoms with Gasteiger partial charge in [-0.1, -0.05) is 0 Å². The molecule has 0 fully saturated rings. The topological polar surface area (TPSA) is 147 Å². The van der Waals surface area contributed by atoms with Gasteiger partial charge in [-0.3, -0.25) is 0 Å². The van der Waals surface area contributed by atoms with Crippen LogP contribution in [0, 0.1) is 0 Å². The van der Waals surface area contributed by atoms with Crippen molar-refractivity contribution < 1.29 is 29.2 Å². The quantitative estimate of drug-likeness (QED) is 0.216. The maximum Gasteiger partial charge on any atom is 0.631 e. The number of halogens is 2. The summed E-state index contributed by atoms with van der Waals surface area (Å²) in [5.41, 5.74) is 7.44. The van der Waals surface area contributed by atoms with Crippen LogP contribution in [0.25, 0.3) is 0 Å². The third-order valence-electron chi connectivity index (χ3n) is 5.26. The van der Waals surface area contributed by atoms with Crippen molar-refractivity contribution in [1.82, 2.24) is 30.6 Å². The zero-order chi connectivity index (χ0) is 23.8. The van der Waals surface area contributed by atoms with Gasteiger partial charge in [0.15, 0.2) is 0 Å². The number of aryl methyl sites for hydroxylation is 6. The monoisotopic (exact) mass is 555 g/mol. The summed E-state index contributed by atoms with van der Waals surface area (Å²) >= 11 is -1.60. The Morgan fingerprint density at radius 1 is 0.559 bits per heavy atom. The average Bonchev–Trinajstić information content (AvgIpc) is 3.50. The van der Waals surface area contributed by atoms with E-state index >= 15 is 0 Å². The van der Waals surface area contributed by atoms with E-state index in [1.165, 1.54) is 47.4 Å². The van der Waals surface area contributed by atoms with E-state index in [0.717, 1.165) is 38.5 Å². The Hall–Kier alpha value is -1.31. The molecule has 0 saturated carbocycles. The molecule has 34 heavy (non-hydrogen) atoms. The van der Waals surface area contributed by atoms with E-state index < -0.39 is 21.5 Å². The molecule has 0 aromatic carbocycles. The molecule has 3 heterocycles. The molecule has 0 saturated heterocycles. The Bertz CT molecular complexity index is 809. The smallest absolute Gasteiger partial charge is 0.402 e. The minimum absolute atomic E-state index is 0. The number of H-pyrrole nitrogens is 3. The van der Waals surface area contributed by atoms with E-state index in [9.17, 15) is 0 Å². The van der Waals surface area contributed by atoms with Gasteiger partial charge in [-0.25, -0.2) is 0 Å². The number of nitrogens with one attached hydrogen (secondary N) is 3. The molecule has 9 nitrogen and oxygen atoms in total. The Kier molecular flexibility index (Phi) is 15.0. The Balaban J connectivity index is 0.00000168. The fourth-order valence-electron chi connectivity index (χ4n) is 3.70. The van der Waals surface area contributed by atoms with E-state index in [2.05, 4.69) is 56.8 Å². The van der Waals surface area contributed by atoms with Gasteiger partial charge in [0.25, 0.3) is 0 Å². The van der Waals surface area contributed by atoms with Gasteiger partial charge < -0.3 is 15.1 Å². The number of aromatic amines is 3. The van der Waals surface area contributed by atoms with Gasteiger partial charge >= 0.3 is 180 Å². The molecule has 3 rings (SSSR count). The number of aromatic nitrogens is 6. The van der Waals surface area contributed by atoms with E-state index in [1.54, 1.807) is 0 Å². The van der Waals surface area contributed by atoms with E-state index in [-0.39, 0.29) is 24.8 Å². The molecular formula is C21H38BCl2CrN6O3. The largest absolute Gasteiger partial charge is 0.631 e. The molecule has 13 heteroatoms. The van der Waals surface area contributed by atoms with Crippen LogP contribution in [-0.4, -0.2) is 53.0 Å². The maximum atomic E-state index is 7.17. The summed E-state index contributed by atoms with van der Waals surface area (Å²) < 4.78 is 4.34. The molecule has 3 aromatic rings. The van der Waals surface area contributed by atoms with Gasteiger partial charge in [-0.05, 0) is 0 Å². The van der Waals surface area contributed by atoms with Crippen molar-refractivity contribution in [3.05, 3.63) is 34.2 Å². The van der Waals surface area contributed by atoms with Crippen molar-refractivity contribution in [2.45, 2.75) is 80.1 Å². The van der Waals surface area contributed by atoms with Gasteiger partial charge in [0.1, 0.15) is 0 Å². The molecule has 0 bridgehead atoms. The molecule has 3 aromatic heterocycles. The van der Waals surface area contributed by atoms with Crippen LogP contribution in [0.2, 0.25) is 0 Å². The predicted molar refractivity (Wildman–Crippen MR) is 138 cm³/mol. The first-order chi connectivity index (χ1) is 15.4. The van der Waals surface area contributed by atoms with Crippen LogP contribution in [0.5, 0.6) is 0 Å². The summed E-state index contributed by atoms with van der Waals surface area (Å²) in [4.78, 5) is 0. The molecule has 0 aliphatic heterocycles. The summed E-state index contributed by atoms with van der Waals surface area (Å²) in [6, 6.07) is 0. The standard InChI is InChI=1S/3C7H11N2.BH3O3.2ClH.Cr/c3*1-3-6-5-7(4-2)9-8-6;2-1(3)4;;;/h3*3-4H2,1-2H3,(H,8,9);2-4H;2*1H;. The zero-order valence-corrected chi connectivity index (χ0v) is 23.6. The number of hydrogen-bond donors (Lipinski definition) is 6. The molecule has 0 aliphatic carbocycles. The summed E-state index contributed by atoms with van der Waals surface area (Å²) in [5, 5.41) is 45.7. The molecule has 6 N–H and O–H groups in total. The van der Waals surface area contributed by atoms with Crippen molar-refractivity contribution in [3.8, 4) is 0 Å². The fourth-order valence-corrected chi connectivity index (χ4v) is 8.69. The molecule has 0 aliphatic rings. The molecule has 0 atom stereocenters. The second-order valence-corrected chi connectivity index (χ2v) is 10.1. The van der Waals surface area contributed by atoms with Gasteiger partial charge in [0, 0.05) is 0 Å². The number of nitrogens with zero attached hydrogens (tertiary/aromatic N) is 3. The molecule has 0 spiro atoms. The van der Waals surface area contributed by atoms with Crippen LogP contribution in [0.3, 0.4) is 0 Å². The van der Waals surface area contributed by atoms with Crippen molar-refractivity contribution in [2.24, 2.45) is 0 Å². The summed E-state index contributed by atoms with van der Waals surface area (Å²) in [6.07, 6.45) is 5.70. The first-order valence-corrected chi connectivity index (χ1v) is 13.3. The normalized spacial score (nSPS) is 10.4. The molecule has 193 valence electrons. The Morgan fingerprint density at radius 2 is 0.794 bits per heavy atom. The van der Waals surface area contributed by atoms with Crippen molar-refractivity contribution in [2.75, 3.05) is 0 Å². The van der Waals surface area contributed by atoms with Gasteiger partial charge in [0.05, 0.1) is 0 Å². The molecular weight excluding hydrogens is 518 g/mol. The summed E-state index contributed by atoms with van der Waals surface area (Å²) in [6.45, 7) is 13.3. The van der Waals surface area contributed by atoms with Crippen LogP contribution < -0.4 is 13.3 Å². The summed E-state index contributed by atoms with van der Waals surface area (Å²) in [5.74, 6) is 0. The molecule has 0 amide bonds.